The Balaban J connectivity index is 1.56. The van der Waals surface area contributed by atoms with Crippen LogP contribution in [0.15, 0.2) is 48.5 Å². The van der Waals surface area contributed by atoms with Crippen LogP contribution in [0.5, 0.6) is 0 Å². The number of amides is 1. The second-order valence-corrected chi connectivity index (χ2v) is 6.87. The number of carbonyl (C=O) groups is 1. The quantitative estimate of drug-likeness (QED) is 0.789. The zero-order chi connectivity index (χ0) is 18.1. The van der Waals surface area contributed by atoms with Crippen LogP contribution in [0.4, 0.5) is 5.82 Å². The molecule has 2 aromatic carbocycles. The Morgan fingerprint density at radius 3 is 2.77 bits per heavy atom. The fourth-order valence-electron chi connectivity index (χ4n) is 3.78. The van der Waals surface area contributed by atoms with Crippen molar-refractivity contribution in [2.45, 2.75) is 32.2 Å². The van der Waals surface area contributed by atoms with Crippen LogP contribution in [0.2, 0.25) is 0 Å². The molecule has 0 radical (unpaired) electrons. The molecule has 0 saturated carbocycles. The van der Waals surface area contributed by atoms with Gasteiger partial charge in [0, 0.05) is 12.6 Å². The van der Waals surface area contributed by atoms with Crippen molar-refractivity contribution in [3.63, 3.8) is 0 Å². The summed E-state index contributed by atoms with van der Waals surface area (Å²) < 4.78 is 0. The summed E-state index contributed by atoms with van der Waals surface area (Å²) in [6.07, 6.45) is 2.30. The molecule has 26 heavy (non-hydrogen) atoms. The maximum atomic E-state index is 13.0. The van der Waals surface area contributed by atoms with Crippen LogP contribution >= 0.6 is 0 Å². The number of aromatic nitrogens is 2. The largest absolute Gasteiger partial charge is 0.384 e. The highest BCUT2D eigenvalue weighted by Crippen LogP contribution is 2.32. The topological polar surface area (TPSA) is 72.1 Å². The Hall–Kier alpha value is -2.95. The van der Waals surface area contributed by atoms with E-state index in [1.807, 2.05) is 30.0 Å². The van der Waals surface area contributed by atoms with Crippen LogP contribution in [0.3, 0.4) is 0 Å². The highest BCUT2D eigenvalue weighted by atomic mass is 16.2. The van der Waals surface area contributed by atoms with Crippen molar-refractivity contribution in [3.05, 3.63) is 65.6 Å². The zero-order valence-corrected chi connectivity index (χ0v) is 14.9. The lowest BCUT2D eigenvalue weighted by atomic mass is 10.0. The van der Waals surface area contributed by atoms with Crippen molar-refractivity contribution in [1.82, 2.24) is 14.9 Å². The molecule has 5 nitrogen and oxygen atoms in total. The van der Waals surface area contributed by atoms with E-state index in [9.17, 15) is 4.79 Å². The molecule has 2 heterocycles. The third kappa shape index (κ3) is 3.25. The van der Waals surface area contributed by atoms with E-state index in [1.54, 1.807) is 6.07 Å². The van der Waals surface area contributed by atoms with Gasteiger partial charge in [-0.2, -0.15) is 0 Å². The van der Waals surface area contributed by atoms with Crippen molar-refractivity contribution in [1.29, 1.82) is 0 Å². The Kier molecular flexibility index (Phi) is 4.29. The molecular formula is C21H22N4O. The Bertz CT molecular complexity index is 949. The van der Waals surface area contributed by atoms with E-state index in [4.69, 9.17) is 5.73 Å². The number of hydrogen-bond acceptors (Lipinski definition) is 4. The number of likely N-dealkylation sites (tertiary alicyclic amines) is 1. The number of hydrogen-bond donors (Lipinski definition) is 1. The van der Waals surface area contributed by atoms with E-state index in [0.29, 0.717) is 18.1 Å². The molecule has 1 atom stereocenters. The summed E-state index contributed by atoms with van der Waals surface area (Å²) in [5.41, 5.74) is 7.76. The summed E-state index contributed by atoms with van der Waals surface area (Å²) in [5.74, 6) is 1.24. The first-order valence-corrected chi connectivity index (χ1v) is 8.98. The van der Waals surface area contributed by atoms with Crippen LogP contribution in [-0.2, 0) is 11.2 Å². The first-order valence-electron chi connectivity index (χ1n) is 8.98. The molecule has 1 aliphatic rings. The third-order valence-corrected chi connectivity index (χ3v) is 4.96. The van der Waals surface area contributed by atoms with E-state index in [2.05, 4.69) is 34.2 Å². The van der Waals surface area contributed by atoms with Crippen LogP contribution < -0.4 is 5.73 Å². The number of nitrogens with two attached hydrogens (primary N) is 1. The molecule has 1 fully saturated rings. The van der Waals surface area contributed by atoms with Gasteiger partial charge in [0.25, 0.3) is 0 Å². The summed E-state index contributed by atoms with van der Waals surface area (Å²) >= 11 is 0. The summed E-state index contributed by atoms with van der Waals surface area (Å²) in [6, 6.07) is 16.2. The van der Waals surface area contributed by atoms with Crippen molar-refractivity contribution in [3.8, 4) is 0 Å². The van der Waals surface area contributed by atoms with E-state index in [-0.39, 0.29) is 11.9 Å². The highest BCUT2D eigenvalue weighted by Gasteiger charge is 2.31. The van der Waals surface area contributed by atoms with Gasteiger partial charge in [-0.25, -0.2) is 9.97 Å². The molecule has 1 saturated heterocycles. The van der Waals surface area contributed by atoms with Crippen molar-refractivity contribution in [2.24, 2.45) is 0 Å². The maximum absolute atomic E-state index is 13.0. The van der Waals surface area contributed by atoms with Crippen molar-refractivity contribution < 1.29 is 4.79 Å². The second kappa shape index (κ2) is 6.75. The highest BCUT2D eigenvalue weighted by molar-refractivity contribution is 5.85. The number of carbonyl (C=O) groups excluding carboxylic acids is 1. The molecule has 5 heteroatoms. The van der Waals surface area contributed by atoms with Gasteiger partial charge >= 0.3 is 0 Å². The first-order chi connectivity index (χ1) is 12.6. The summed E-state index contributed by atoms with van der Waals surface area (Å²) in [7, 11) is 0. The summed E-state index contributed by atoms with van der Waals surface area (Å²) in [6.45, 7) is 2.59. The van der Waals surface area contributed by atoms with Crippen molar-refractivity contribution >= 4 is 22.5 Å². The molecule has 0 bridgehead atoms. The number of rotatable bonds is 3. The summed E-state index contributed by atoms with van der Waals surface area (Å²) in [4.78, 5) is 23.5. The van der Waals surface area contributed by atoms with Crippen LogP contribution in [0.25, 0.3) is 10.8 Å². The predicted molar refractivity (Wildman–Crippen MR) is 103 cm³/mol. The minimum absolute atomic E-state index is 0.00745. The Labute approximate surface area is 152 Å². The number of anilines is 1. The number of nitrogen functional groups attached to an aromatic ring is 1. The molecule has 0 unspecified atom stereocenters. The van der Waals surface area contributed by atoms with Gasteiger partial charge in [-0.3, -0.25) is 4.79 Å². The lowest BCUT2D eigenvalue weighted by Crippen LogP contribution is -2.32. The molecule has 3 aromatic rings. The van der Waals surface area contributed by atoms with Gasteiger partial charge < -0.3 is 10.6 Å². The van der Waals surface area contributed by atoms with E-state index >= 15 is 0 Å². The molecule has 1 aromatic heterocycles. The molecule has 4 rings (SSSR count). The van der Waals surface area contributed by atoms with E-state index in [0.717, 1.165) is 36.0 Å². The Morgan fingerprint density at radius 1 is 1.15 bits per heavy atom. The predicted octanol–water partition coefficient (Wildman–Crippen LogP) is 3.43. The fourth-order valence-corrected chi connectivity index (χ4v) is 3.78. The second-order valence-electron chi connectivity index (χ2n) is 6.87. The normalized spacial score (nSPS) is 17.0. The fraction of sp³-hybridized carbons (Fsp3) is 0.286. The molecule has 2 N–H and O–H groups in total. The lowest BCUT2D eigenvalue weighted by molar-refractivity contribution is -0.131. The van der Waals surface area contributed by atoms with Gasteiger partial charge in [-0.15, -0.1) is 0 Å². The van der Waals surface area contributed by atoms with Crippen LogP contribution in [0, 0.1) is 6.92 Å². The van der Waals surface area contributed by atoms with Crippen molar-refractivity contribution in [2.75, 3.05) is 12.3 Å². The Morgan fingerprint density at radius 2 is 1.96 bits per heavy atom. The average molecular weight is 346 g/mol. The van der Waals surface area contributed by atoms with Gasteiger partial charge in [-0.05, 0) is 36.1 Å². The first kappa shape index (κ1) is 16.5. The molecule has 1 aliphatic heterocycles. The number of aryl methyl sites for hydroxylation is 1. The smallest absolute Gasteiger partial charge is 0.227 e. The molecule has 0 spiro atoms. The minimum atomic E-state index is -0.00745. The SMILES string of the molecule is Cc1nc(N)cc([C@@H]2CCCN2C(=O)Cc2ccc3ccccc3c2)n1. The summed E-state index contributed by atoms with van der Waals surface area (Å²) in [5, 5.41) is 2.35. The lowest BCUT2D eigenvalue weighted by Gasteiger charge is -2.25. The maximum Gasteiger partial charge on any atom is 0.227 e. The van der Waals surface area contributed by atoms with Gasteiger partial charge in [0.1, 0.15) is 11.6 Å². The molecular weight excluding hydrogens is 324 g/mol. The van der Waals surface area contributed by atoms with Gasteiger partial charge in [-0.1, -0.05) is 42.5 Å². The van der Waals surface area contributed by atoms with Gasteiger partial charge in [0.05, 0.1) is 18.2 Å². The monoisotopic (exact) mass is 346 g/mol. The van der Waals surface area contributed by atoms with E-state index < -0.39 is 0 Å². The molecule has 0 aliphatic carbocycles. The van der Waals surface area contributed by atoms with E-state index in [1.165, 1.54) is 5.39 Å². The molecule has 132 valence electrons. The van der Waals surface area contributed by atoms with Crippen LogP contribution in [0.1, 0.15) is 36.0 Å². The van der Waals surface area contributed by atoms with Crippen LogP contribution in [-0.4, -0.2) is 27.3 Å². The third-order valence-electron chi connectivity index (χ3n) is 4.96. The minimum Gasteiger partial charge on any atom is -0.384 e. The number of nitrogens with zero attached hydrogens (tertiary/aromatic N) is 3. The number of benzene rings is 2. The molecule has 1 amide bonds. The standard InChI is InChI=1S/C21H22N4O/c1-14-23-18(13-20(22)24-14)19-7-4-10-25(19)21(26)12-15-8-9-16-5-2-3-6-17(16)11-15/h2-3,5-6,8-9,11,13,19H,4,7,10,12H2,1H3,(H2,22,23,24)/t19-/m0/s1. The number of fused-ring (bicyclic) bond motifs is 1. The van der Waals surface area contributed by atoms with Gasteiger partial charge in [0.15, 0.2) is 0 Å². The zero-order valence-electron chi connectivity index (χ0n) is 14.9. The van der Waals surface area contributed by atoms with Gasteiger partial charge in [0.2, 0.25) is 5.91 Å². The average Bonchev–Trinajstić information content (AvgIpc) is 3.11.